The lowest BCUT2D eigenvalue weighted by molar-refractivity contribution is -0.304. The molecule has 0 aliphatic heterocycles. The summed E-state index contributed by atoms with van der Waals surface area (Å²) in [7, 11) is 1.64. The number of hydrogen-bond acceptors (Lipinski definition) is 3. The molecular weight excluding hydrogens is 264 g/mol. The minimum Gasteiger partial charge on any atom is -0.381 e. The number of alkyl halides is 2. The van der Waals surface area contributed by atoms with Crippen molar-refractivity contribution in [3.8, 4) is 0 Å². The third-order valence-corrected chi connectivity index (χ3v) is 4.92. The molecule has 3 atom stereocenters. The number of rotatable bonds is 4. The van der Waals surface area contributed by atoms with E-state index in [9.17, 15) is 8.78 Å². The van der Waals surface area contributed by atoms with Crippen molar-refractivity contribution in [1.82, 2.24) is 0 Å². The van der Waals surface area contributed by atoms with E-state index in [-0.39, 0.29) is 12.1 Å². The number of hydrogen-bond donors (Lipinski definition) is 1. The van der Waals surface area contributed by atoms with Gasteiger partial charge in [0, 0.05) is 13.2 Å². The van der Waals surface area contributed by atoms with Crippen LogP contribution < -0.4 is 5.73 Å². The number of halogens is 2. The first-order valence-electron chi connectivity index (χ1n) is 7.76. The molecule has 0 radical (unpaired) electrons. The lowest BCUT2D eigenvalue weighted by Crippen LogP contribution is -2.49. The fourth-order valence-electron chi connectivity index (χ4n) is 3.39. The molecule has 0 aromatic rings. The van der Waals surface area contributed by atoms with Crippen LogP contribution in [0.5, 0.6) is 0 Å². The zero-order chi connectivity index (χ0) is 14.8. The predicted octanol–water partition coefficient (Wildman–Crippen LogP) is 3.32. The van der Waals surface area contributed by atoms with Crippen molar-refractivity contribution >= 4 is 0 Å². The number of ether oxygens (including phenoxy) is 2. The van der Waals surface area contributed by atoms with E-state index >= 15 is 0 Å². The zero-order valence-electron chi connectivity index (χ0n) is 12.5. The van der Waals surface area contributed by atoms with Gasteiger partial charge >= 0.3 is 6.11 Å². The van der Waals surface area contributed by atoms with Crippen LogP contribution in [-0.4, -0.2) is 31.5 Å². The van der Waals surface area contributed by atoms with Crippen LogP contribution >= 0.6 is 0 Å². The van der Waals surface area contributed by atoms with Crippen molar-refractivity contribution in [2.24, 2.45) is 17.6 Å². The molecule has 2 fully saturated rings. The molecule has 0 aromatic carbocycles. The third-order valence-electron chi connectivity index (χ3n) is 4.92. The summed E-state index contributed by atoms with van der Waals surface area (Å²) in [5.74, 6) is -0.0903. The molecule has 2 aliphatic carbocycles. The molecule has 3 nitrogen and oxygen atoms in total. The largest absolute Gasteiger partial charge is 0.381 e. The van der Waals surface area contributed by atoms with Gasteiger partial charge in [-0.2, -0.15) is 8.78 Å². The molecule has 20 heavy (non-hydrogen) atoms. The van der Waals surface area contributed by atoms with E-state index in [1.807, 2.05) is 0 Å². The van der Waals surface area contributed by atoms with E-state index in [4.69, 9.17) is 15.2 Å². The fourth-order valence-corrected chi connectivity index (χ4v) is 3.39. The molecule has 0 bridgehead atoms. The summed E-state index contributed by atoms with van der Waals surface area (Å²) in [6.45, 7) is 2.12. The maximum Gasteiger partial charge on any atom is 0.358 e. The smallest absolute Gasteiger partial charge is 0.358 e. The summed E-state index contributed by atoms with van der Waals surface area (Å²) in [5.41, 5.74) is 5.97. The molecule has 0 spiro atoms. The van der Waals surface area contributed by atoms with Crippen LogP contribution in [0.4, 0.5) is 8.78 Å². The molecule has 0 amide bonds. The van der Waals surface area contributed by atoms with Crippen LogP contribution in [0.2, 0.25) is 0 Å². The summed E-state index contributed by atoms with van der Waals surface area (Å²) < 4.78 is 38.9. The van der Waals surface area contributed by atoms with E-state index in [2.05, 4.69) is 6.92 Å². The second kappa shape index (κ2) is 6.67. The molecule has 118 valence electrons. The first kappa shape index (κ1) is 16.1. The second-order valence-electron chi connectivity index (χ2n) is 6.51. The molecule has 2 rings (SSSR count). The first-order chi connectivity index (χ1) is 9.42. The van der Waals surface area contributed by atoms with Gasteiger partial charge < -0.3 is 15.2 Å². The minimum absolute atomic E-state index is 0.0778. The highest BCUT2D eigenvalue weighted by atomic mass is 19.3. The molecular formula is C15H27F2NO2. The Kier molecular flexibility index (Phi) is 5.37. The quantitative estimate of drug-likeness (QED) is 0.864. The third kappa shape index (κ3) is 3.89. The Hall–Kier alpha value is -0.260. The molecule has 2 saturated carbocycles. The van der Waals surface area contributed by atoms with Gasteiger partial charge in [0.05, 0.1) is 18.1 Å². The van der Waals surface area contributed by atoms with Crippen LogP contribution in [0.3, 0.4) is 0 Å². The Morgan fingerprint density at radius 1 is 1.05 bits per heavy atom. The van der Waals surface area contributed by atoms with Crippen LogP contribution in [0.25, 0.3) is 0 Å². The Bertz CT molecular complexity index is 306. The van der Waals surface area contributed by atoms with Crippen LogP contribution in [0.15, 0.2) is 0 Å². The predicted molar refractivity (Wildman–Crippen MR) is 73.6 cm³/mol. The molecule has 0 saturated heterocycles. The van der Waals surface area contributed by atoms with E-state index < -0.39 is 18.1 Å². The van der Waals surface area contributed by atoms with E-state index in [0.29, 0.717) is 31.6 Å². The standard InChI is InChI=1S/C15H27F2NO2/c1-10-3-5-11(6-4-10)15(16,17)20-14-8-7-12(19-2)9-13(14)18/h10-14H,3-9,18H2,1-2H3. The van der Waals surface area contributed by atoms with Gasteiger partial charge in [0.2, 0.25) is 0 Å². The van der Waals surface area contributed by atoms with Gasteiger partial charge in [-0.25, -0.2) is 0 Å². The number of nitrogens with two attached hydrogens (primary N) is 1. The summed E-state index contributed by atoms with van der Waals surface area (Å²) in [4.78, 5) is 0. The Labute approximate surface area is 120 Å². The molecule has 5 heteroatoms. The monoisotopic (exact) mass is 291 g/mol. The molecule has 3 unspecified atom stereocenters. The average molecular weight is 291 g/mol. The average Bonchev–Trinajstić information content (AvgIpc) is 2.41. The van der Waals surface area contributed by atoms with Gasteiger partial charge in [0.1, 0.15) is 0 Å². The fraction of sp³-hybridized carbons (Fsp3) is 1.00. The highest BCUT2D eigenvalue weighted by molar-refractivity contribution is 4.86. The molecule has 2 N–H and O–H groups in total. The highest BCUT2D eigenvalue weighted by Gasteiger charge is 2.45. The zero-order valence-corrected chi connectivity index (χ0v) is 12.5. The molecule has 0 heterocycles. The Morgan fingerprint density at radius 2 is 1.70 bits per heavy atom. The van der Waals surface area contributed by atoms with Gasteiger partial charge in [0.15, 0.2) is 0 Å². The van der Waals surface area contributed by atoms with Gasteiger partial charge in [-0.1, -0.05) is 19.8 Å². The van der Waals surface area contributed by atoms with Gasteiger partial charge in [-0.05, 0) is 38.0 Å². The lowest BCUT2D eigenvalue weighted by Gasteiger charge is -2.38. The van der Waals surface area contributed by atoms with E-state index in [1.54, 1.807) is 7.11 Å². The van der Waals surface area contributed by atoms with E-state index in [1.165, 1.54) is 0 Å². The SMILES string of the molecule is COC1CCC(OC(F)(F)C2CCC(C)CC2)C(N)C1. The van der Waals surface area contributed by atoms with Crippen molar-refractivity contribution in [2.75, 3.05) is 7.11 Å². The van der Waals surface area contributed by atoms with Crippen molar-refractivity contribution in [1.29, 1.82) is 0 Å². The van der Waals surface area contributed by atoms with Crippen LogP contribution in [-0.2, 0) is 9.47 Å². The highest BCUT2D eigenvalue weighted by Crippen LogP contribution is 2.41. The summed E-state index contributed by atoms with van der Waals surface area (Å²) in [6.07, 6.45) is 1.22. The van der Waals surface area contributed by atoms with Gasteiger partial charge in [-0.15, -0.1) is 0 Å². The van der Waals surface area contributed by atoms with Crippen molar-refractivity contribution in [2.45, 2.75) is 76.2 Å². The number of methoxy groups -OCH3 is 1. The lowest BCUT2D eigenvalue weighted by atomic mass is 9.82. The molecule has 2 aliphatic rings. The van der Waals surface area contributed by atoms with Gasteiger partial charge in [-0.3, -0.25) is 0 Å². The second-order valence-corrected chi connectivity index (χ2v) is 6.51. The summed E-state index contributed by atoms with van der Waals surface area (Å²) >= 11 is 0. The Balaban J connectivity index is 1.88. The van der Waals surface area contributed by atoms with Crippen molar-refractivity contribution < 1.29 is 18.3 Å². The summed E-state index contributed by atoms with van der Waals surface area (Å²) in [6, 6.07) is -0.359. The normalized spacial score (nSPS) is 39.8. The van der Waals surface area contributed by atoms with Crippen LogP contribution in [0, 0.1) is 11.8 Å². The topological polar surface area (TPSA) is 44.5 Å². The maximum atomic E-state index is 14.3. The van der Waals surface area contributed by atoms with Crippen LogP contribution in [0.1, 0.15) is 51.9 Å². The Morgan fingerprint density at radius 3 is 2.25 bits per heavy atom. The van der Waals surface area contributed by atoms with Gasteiger partial charge in [0.25, 0.3) is 0 Å². The summed E-state index contributed by atoms with van der Waals surface area (Å²) in [5, 5.41) is 0. The molecule has 0 aromatic heterocycles. The minimum atomic E-state index is -3.04. The van der Waals surface area contributed by atoms with E-state index in [0.717, 1.165) is 19.3 Å². The maximum absolute atomic E-state index is 14.3. The van der Waals surface area contributed by atoms with Crippen molar-refractivity contribution in [3.05, 3.63) is 0 Å². The van der Waals surface area contributed by atoms with Crippen molar-refractivity contribution in [3.63, 3.8) is 0 Å². The first-order valence-corrected chi connectivity index (χ1v) is 7.76.